The van der Waals surface area contributed by atoms with Crippen LogP contribution in [0.1, 0.15) is 13.8 Å². The minimum atomic E-state index is -0.183. The van der Waals surface area contributed by atoms with E-state index < -0.39 is 0 Å². The summed E-state index contributed by atoms with van der Waals surface area (Å²) in [6, 6.07) is 0. The summed E-state index contributed by atoms with van der Waals surface area (Å²) in [5.74, 6) is 0. The first kappa shape index (κ1) is 10.9. The molecule has 0 aromatic rings. The molecule has 1 fully saturated rings. The minimum Gasteiger partial charge on any atom is -0.390 e. The molecule has 3 nitrogen and oxygen atoms in total. The van der Waals surface area contributed by atoms with Gasteiger partial charge in [0.15, 0.2) is 0 Å². The van der Waals surface area contributed by atoms with Gasteiger partial charge < -0.3 is 15.3 Å². The van der Waals surface area contributed by atoms with Crippen LogP contribution in [0.3, 0.4) is 0 Å². The molecule has 0 amide bonds. The molecular weight excluding hydrogens is 140 g/mol. The largest absolute Gasteiger partial charge is 0.390 e. The van der Waals surface area contributed by atoms with Crippen LogP contribution in [0, 0.1) is 0 Å². The maximum absolute atomic E-state index is 9.16. The molecular formula is C8H20N2O. The van der Waals surface area contributed by atoms with Crippen LogP contribution >= 0.6 is 0 Å². The van der Waals surface area contributed by atoms with Gasteiger partial charge in [0.2, 0.25) is 0 Å². The second kappa shape index (κ2) is 6.58. The van der Waals surface area contributed by atoms with Crippen LogP contribution in [-0.2, 0) is 0 Å². The Hall–Kier alpha value is -0.120. The van der Waals surface area contributed by atoms with Gasteiger partial charge in [-0.05, 0) is 7.05 Å². The van der Waals surface area contributed by atoms with Gasteiger partial charge in [0.05, 0.1) is 6.10 Å². The Bertz CT molecular complexity index is 78.2. The standard InChI is InChI=1S/C6H14N2O.C2H6/c1-8-3-2-7-4-6(9)5-8;1-2/h6-7,9H,2-5H2,1H3;1-2H3. The van der Waals surface area contributed by atoms with Gasteiger partial charge >= 0.3 is 0 Å². The zero-order valence-electron chi connectivity index (χ0n) is 7.80. The molecule has 1 rings (SSSR count). The topological polar surface area (TPSA) is 35.5 Å². The Balaban J connectivity index is 0.000000461. The van der Waals surface area contributed by atoms with Crippen LogP contribution < -0.4 is 5.32 Å². The number of rotatable bonds is 0. The molecule has 0 aliphatic carbocycles. The van der Waals surface area contributed by atoms with Gasteiger partial charge in [-0.1, -0.05) is 13.8 Å². The van der Waals surface area contributed by atoms with Gasteiger partial charge in [0.25, 0.3) is 0 Å². The lowest BCUT2D eigenvalue weighted by molar-refractivity contribution is 0.143. The fourth-order valence-electron chi connectivity index (χ4n) is 1.05. The van der Waals surface area contributed by atoms with Crippen LogP contribution in [-0.4, -0.2) is 49.3 Å². The first-order valence-corrected chi connectivity index (χ1v) is 4.36. The lowest BCUT2D eigenvalue weighted by Crippen LogP contribution is -2.29. The van der Waals surface area contributed by atoms with Crippen molar-refractivity contribution < 1.29 is 5.11 Å². The molecule has 3 heteroatoms. The van der Waals surface area contributed by atoms with E-state index in [0.717, 1.165) is 26.2 Å². The van der Waals surface area contributed by atoms with Crippen LogP contribution in [0.5, 0.6) is 0 Å². The van der Waals surface area contributed by atoms with Crippen LogP contribution in [0.25, 0.3) is 0 Å². The molecule has 1 heterocycles. The van der Waals surface area contributed by atoms with Crippen molar-refractivity contribution in [2.24, 2.45) is 0 Å². The number of hydrogen-bond donors (Lipinski definition) is 2. The summed E-state index contributed by atoms with van der Waals surface area (Å²) in [5.41, 5.74) is 0. The Morgan fingerprint density at radius 1 is 1.45 bits per heavy atom. The normalized spacial score (nSPS) is 26.7. The Labute approximate surface area is 69.4 Å². The summed E-state index contributed by atoms with van der Waals surface area (Å²) in [7, 11) is 2.02. The third kappa shape index (κ3) is 5.18. The fourth-order valence-corrected chi connectivity index (χ4v) is 1.05. The molecule has 0 aromatic heterocycles. The van der Waals surface area contributed by atoms with Crippen molar-refractivity contribution >= 4 is 0 Å². The van der Waals surface area contributed by atoms with Gasteiger partial charge in [0, 0.05) is 26.2 Å². The average Bonchev–Trinajstić information content (AvgIpc) is 2.18. The molecule has 68 valence electrons. The highest BCUT2D eigenvalue weighted by molar-refractivity contribution is 4.69. The number of likely N-dealkylation sites (N-methyl/N-ethyl adjacent to an activating group) is 1. The van der Waals surface area contributed by atoms with E-state index in [2.05, 4.69) is 10.2 Å². The van der Waals surface area contributed by atoms with E-state index in [1.807, 2.05) is 20.9 Å². The average molecular weight is 160 g/mol. The van der Waals surface area contributed by atoms with Crippen molar-refractivity contribution in [3.8, 4) is 0 Å². The quantitative estimate of drug-likeness (QED) is 0.520. The molecule has 11 heavy (non-hydrogen) atoms. The van der Waals surface area contributed by atoms with Gasteiger partial charge in [-0.2, -0.15) is 0 Å². The fraction of sp³-hybridized carbons (Fsp3) is 1.00. The molecule has 1 aliphatic heterocycles. The number of hydrogen-bond acceptors (Lipinski definition) is 3. The number of nitrogens with one attached hydrogen (secondary N) is 1. The summed E-state index contributed by atoms with van der Waals surface area (Å²) in [6.45, 7) is 7.57. The highest BCUT2D eigenvalue weighted by Gasteiger charge is 2.10. The predicted molar refractivity (Wildman–Crippen MR) is 47.7 cm³/mol. The number of aliphatic hydroxyl groups is 1. The predicted octanol–water partition coefficient (Wildman–Crippen LogP) is -0.0915. The first-order valence-electron chi connectivity index (χ1n) is 4.36. The van der Waals surface area contributed by atoms with Crippen LogP contribution in [0.2, 0.25) is 0 Å². The van der Waals surface area contributed by atoms with E-state index in [1.54, 1.807) is 0 Å². The van der Waals surface area contributed by atoms with Crippen molar-refractivity contribution in [3.63, 3.8) is 0 Å². The van der Waals surface area contributed by atoms with E-state index >= 15 is 0 Å². The zero-order chi connectivity index (χ0) is 8.69. The van der Waals surface area contributed by atoms with Crippen molar-refractivity contribution in [2.45, 2.75) is 20.0 Å². The summed E-state index contributed by atoms with van der Waals surface area (Å²) < 4.78 is 0. The van der Waals surface area contributed by atoms with Gasteiger partial charge in [-0.3, -0.25) is 0 Å². The summed E-state index contributed by atoms with van der Waals surface area (Å²) >= 11 is 0. The van der Waals surface area contributed by atoms with Crippen LogP contribution in [0.15, 0.2) is 0 Å². The first-order chi connectivity index (χ1) is 5.29. The summed E-state index contributed by atoms with van der Waals surface area (Å²) in [4.78, 5) is 2.13. The second-order valence-electron chi connectivity index (χ2n) is 2.62. The molecule has 1 aliphatic rings. The lowest BCUT2D eigenvalue weighted by atomic mass is 10.3. The zero-order valence-corrected chi connectivity index (χ0v) is 7.80. The van der Waals surface area contributed by atoms with E-state index in [-0.39, 0.29) is 6.10 Å². The summed E-state index contributed by atoms with van der Waals surface area (Å²) in [5, 5.41) is 12.3. The van der Waals surface area contributed by atoms with E-state index in [4.69, 9.17) is 5.11 Å². The molecule has 0 saturated carbocycles. The van der Waals surface area contributed by atoms with Gasteiger partial charge in [-0.15, -0.1) is 0 Å². The molecule has 0 aromatic carbocycles. The molecule has 1 saturated heterocycles. The third-order valence-electron chi connectivity index (χ3n) is 1.57. The molecule has 0 bridgehead atoms. The SMILES string of the molecule is CC.CN1CCNCC(O)C1. The van der Waals surface area contributed by atoms with Gasteiger partial charge in [0.1, 0.15) is 0 Å². The number of nitrogens with zero attached hydrogens (tertiary/aromatic N) is 1. The van der Waals surface area contributed by atoms with E-state index in [0.29, 0.717) is 0 Å². The summed E-state index contributed by atoms with van der Waals surface area (Å²) in [6.07, 6.45) is -0.183. The van der Waals surface area contributed by atoms with Crippen LogP contribution in [0.4, 0.5) is 0 Å². The third-order valence-corrected chi connectivity index (χ3v) is 1.57. The Kier molecular flexibility index (Phi) is 6.51. The van der Waals surface area contributed by atoms with Crippen molar-refractivity contribution in [3.05, 3.63) is 0 Å². The second-order valence-corrected chi connectivity index (χ2v) is 2.62. The minimum absolute atomic E-state index is 0.183. The highest BCUT2D eigenvalue weighted by Crippen LogP contribution is 1.90. The highest BCUT2D eigenvalue weighted by atomic mass is 16.3. The van der Waals surface area contributed by atoms with Crippen molar-refractivity contribution in [1.82, 2.24) is 10.2 Å². The Morgan fingerprint density at radius 3 is 2.73 bits per heavy atom. The molecule has 0 radical (unpaired) electrons. The van der Waals surface area contributed by atoms with E-state index in [9.17, 15) is 0 Å². The monoisotopic (exact) mass is 160 g/mol. The number of β-amino-alcohol motifs (C(OH)–C–C–N with tert-alkyl or cyclic N) is 1. The molecule has 0 spiro atoms. The maximum atomic E-state index is 9.16. The molecule has 1 unspecified atom stereocenters. The van der Waals surface area contributed by atoms with Crippen molar-refractivity contribution in [2.75, 3.05) is 33.2 Å². The van der Waals surface area contributed by atoms with Crippen molar-refractivity contribution in [1.29, 1.82) is 0 Å². The molecule has 1 atom stereocenters. The van der Waals surface area contributed by atoms with E-state index in [1.165, 1.54) is 0 Å². The number of aliphatic hydroxyl groups excluding tert-OH is 1. The maximum Gasteiger partial charge on any atom is 0.0791 e. The lowest BCUT2D eigenvalue weighted by Gasteiger charge is -2.13. The smallest absolute Gasteiger partial charge is 0.0791 e. The Morgan fingerprint density at radius 2 is 2.09 bits per heavy atom. The molecule has 2 N–H and O–H groups in total. The van der Waals surface area contributed by atoms with Gasteiger partial charge in [-0.25, -0.2) is 0 Å².